The van der Waals surface area contributed by atoms with Gasteiger partial charge in [0.1, 0.15) is 5.76 Å². The van der Waals surface area contributed by atoms with E-state index in [2.05, 4.69) is 10.2 Å². The number of aliphatic hydroxyl groups is 1. The van der Waals surface area contributed by atoms with E-state index < -0.39 is 10.0 Å². The highest BCUT2D eigenvalue weighted by Gasteiger charge is 2.30. The van der Waals surface area contributed by atoms with Crippen LogP contribution in [-0.4, -0.2) is 34.6 Å². The maximum atomic E-state index is 12.6. The summed E-state index contributed by atoms with van der Waals surface area (Å²) in [5, 5.41) is 15.6. The van der Waals surface area contributed by atoms with E-state index >= 15 is 0 Å². The molecule has 7 nitrogen and oxygen atoms in total. The molecule has 110 valence electrons. The fourth-order valence-corrected chi connectivity index (χ4v) is 3.47. The van der Waals surface area contributed by atoms with Gasteiger partial charge in [-0.15, -0.1) is 0 Å². The molecule has 0 aliphatic rings. The Morgan fingerprint density at radius 2 is 2.25 bits per heavy atom. The van der Waals surface area contributed by atoms with Crippen molar-refractivity contribution < 1.29 is 17.9 Å². The summed E-state index contributed by atoms with van der Waals surface area (Å²) < 4.78 is 31.6. The first-order valence-corrected chi connectivity index (χ1v) is 7.62. The van der Waals surface area contributed by atoms with Crippen LogP contribution < -0.4 is 0 Å². The second-order valence-electron chi connectivity index (χ2n) is 4.30. The molecule has 0 aliphatic carbocycles. The molecule has 20 heavy (non-hydrogen) atoms. The lowest BCUT2D eigenvalue weighted by molar-refractivity contribution is 0.277. The molecule has 0 radical (unpaired) electrons. The zero-order valence-corrected chi connectivity index (χ0v) is 12.1. The lowest BCUT2D eigenvalue weighted by atomic mass is 10.3. The molecule has 2 rings (SSSR count). The van der Waals surface area contributed by atoms with Crippen LogP contribution in [0.5, 0.6) is 0 Å². The maximum Gasteiger partial charge on any atom is 0.263 e. The topological polar surface area (TPSA) is 99.4 Å². The molecule has 0 fully saturated rings. The zero-order chi connectivity index (χ0) is 14.8. The van der Waals surface area contributed by atoms with Crippen LogP contribution in [0.3, 0.4) is 0 Å². The highest BCUT2D eigenvalue weighted by molar-refractivity contribution is 7.89. The number of aromatic amines is 1. The van der Waals surface area contributed by atoms with Gasteiger partial charge in [0.2, 0.25) is 0 Å². The summed E-state index contributed by atoms with van der Waals surface area (Å²) in [6.07, 6.45) is 1.49. The van der Waals surface area contributed by atoms with E-state index in [0.29, 0.717) is 17.0 Å². The van der Waals surface area contributed by atoms with E-state index in [0.717, 1.165) is 0 Å². The van der Waals surface area contributed by atoms with Crippen molar-refractivity contribution in [3.05, 3.63) is 35.4 Å². The van der Waals surface area contributed by atoms with Gasteiger partial charge in [-0.3, -0.25) is 5.10 Å². The molecule has 0 saturated carbocycles. The number of sulfonamides is 1. The molecule has 0 spiro atoms. The molecule has 2 aromatic heterocycles. The molecule has 0 unspecified atom stereocenters. The van der Waals surface area contributed by atoms with Crippen LogP contribution in [0.25, 0.3) is 0 Å². The Morgan fingerprint density at radius 3 is 2.80 bits per heavy atom. The SMILES string of the molecule is CCN(Cc1ccco1)S(=O)(=O)c1n[nH]c(C)c1CO. The first kappa shape index (κ1) is 14.8. The van der Waals surface area contributed by atoms with Crippen LogP contribution >= 0.6 is 0 Å². The van der Waals surface area contributed by atoms with E-state index in [4.69, 9.17) is 4.42 Å². The largest absolute Gasteiger partial charge is 0.468 e. The number of hydrogen-bond donors (Lipinski definition) is 2. The van der Waals surface area contributed by atoms with Gasteiger partial charge in [-0.1, -0.05) is 6.92 Å². The van der Waals surface area contributed by atoms with E-state index in [1.54, 1.807) is 26.0 Å². The third-order valence-corrected chi connectivity index (χ3v) is 4.94. The molecular weight excluding hydrogens is 282 g/mol. The molecule has 0 saturated heterocycles. The van der Waals surface area contributed by atoms with Crippen LogP contribution in [0.2, 0.25) is 0 Å². The van der Waals surface area contributed by atoms with Crippen molar-refractivity contribution in [1.82, 2.24) is 14.5 Å². The van der Waals surface area contributed by atoms with E-state index in [1.807, 2.05) is 0 Å². The van der Waals surface area contributed by atoms with Gasteiger partial charge >= 0.3 is 0 Å². The first-order chi connectivity index (χ1) is 9.50. The van der Waals surface area contributed by atoms with Crippen molar-refractivity contribution >= 4 is 10.0 Å². The molecule has 2 aromatic rings. The van der Waals surface area contributed by atoms with Gasteiger partial charge in [0.15, 0.2) is 5.03 Å². The van der Waals surface area contributed by atoms with Gasteiger partial charge in [-0.25, -0.2) is 8.42 Å². The van der Waals surface area contributed by atoms with E-state index in [-0.39, 0.29) is 24.7 Å². The Hall–Kier alpha value is -1.64. The minimum atomic E-state index is -3.78. The predicted molar refractivity (Wildman–Crippen MR) is 71.2 cm³/mol. The summed E-state index contributed by atoms with van der Waals surface area (Å²) >= 11 is 0. The average molecular weight is 299 g/mol. The Labute approximate surface area is 117 Å². The lowest BCUT2D eigenvalue weighted by Crippen LogP contribution is -2.31. The quantitative estimate of drug-likeness (QED) is 0.829. The van der Waals surface area contributed by atoms with Crippen molar-refractivity contribution in [2.24, 2.45) is 0 Å². The van der Waals surface area contributed by atoms with E-state index in [9.17, 15) is 13.5 Å². The maximum absolute atomic E-state index is 12.6. The summed E-state index contributed by atoms with van der Waals surface area (Å²) in [5.74, 6) is 0.549. The number of nitrogens with one attached hydrogen (secondary N) is 1. The molecule has 0 aromatic carbocycles. The predicted octanol–water partition coefficient (Wildman–Crippen LogP) is 1.01. The molecule has 2 N–H and O–H groups in total. The third-order valence-electron chi connectivity index (χ3n) is 3.04. The first-order valence-electron chi connectivity index (χ1n) is 6.18. The minimum absolute atomic E-state index is 0.128. The van der Waals surface area contributed by atoms with Crippen molar-refractivity contribution in [3.63, 3.8) is 0 Å². The number of furan rings is 1. The number of nitrogens with zero attached hydrogens (tertiary/aromatic N) is 2. The van der Waals surface area contributed by atoms with Gasteiger partial charge < -0.3 is 9.52 Å². The molecular formula is C12H17N3O4S. The number of hydrogen-bond acceptors (Lipinski definition) is 5. The Balaban J connectivity index is 2.36. The third kappa shape index (κ3) is 2.62. The zero-order valence-electron chi connectivity index (χ0n) is 11.3. The fourth-order valence-electron chi connectivity index (χ4n) is 1.89. The lowest BCUT2D eigenvalue weighted by Gasteiger charge is -2.18. The Morgan fingerprint density at radius 1 is 1.50 bits per heavy atom. The smallest absolute Gasteiger partial charge is 0.263 e. The van der Waals surface area contributed by atoms with Gasteiger partial charge in [0.05, 0.1) is 19.4 Å². The summed E-state index contributed by atoms with van der Waals surface area (Å²) in [4.78, 5) is 0. The number of aromatic nitrogens is 2. The van der Waals surface area contributed by atoms with Gasteiger partial charge in [0, 0.05) is 17.8 Å². The standard InChI is InChI=1S/C12H17N3O4S/c1-3-15(7-10-5-4-6-19-10)20(17,18)12-11(8-16)9(2)13-14-12/h4-6,16H,3,7-8H2,1-2H3,(H,13,14). The molecule has 0 amide bonds. The number of aliphatic hydroxyl groups excluding tert-OH is 1. The van der Waals surface area contributed by atoms with Crippen molar-refractivity contribution in [2.45, 2.75) is 32.0 Å². The molecule has 0 bridgehead atoms. The highest BCUT2D eigenvalue weighted by Crippen LogP contribution is 2.22. The van der Waals surface area contributed by atoms with Gasteiger partial charge in [0.25, 0.3) is 10.0 Å². The van der Waals surface area contributed by atoms with Crippen molar-refractivity contribution in [3.8, 4) is 0 Å². The molecule has 8 heteroatoms. The Kier molecular flexibility index (Phi) is 4.26. The van der Waals surface area contributed by atoms with Crippen LogP contribution in [0.4, 0.5) is 0 Å². The summed E-state index contributed by atoms with van der Waals surface area (Å²) in [6, 6.07) is 3.41. The van der Waals surface area contributed by atoms with Crippen molar-refractivity contribution in [1.29, 1.82) is 0 Å². The van der Waals surface area contributed by atoms with Gasteiger partial charge in [-0.05, 0) is 19.1 Å². The van der Waals surface area contributed by atoms with E-state index in [1.165, 1.54) is 10.6 Å². The molecule has 0 aliphatic heterocycles. The second kappa shape index (κ2) is 5.78. The normalized spacial score (nSPS) is 12.2. The highest BCUT2D eigenvalue weighted by atomic mass is 32.2. The number of rotatable bonds is 6. The number of H-pyrrole nitrogens is 1. The molecule has 2 heterocycles. The van der Waals surface area contributed by atoms with Crippen molar-refractivity contribution in [2.75, 3.05) is 6.54 Å². The van der Waals surface area contributed by atoms with Crippen LogP contribution in [-0.2, 0) is 23.2 Å². The summed E-state index contributed by atoms with van der Waals surface area (Å²) in [5.41, 5.74) is 0.836. The number of aryl methyl sites for hydroxylation is 1. The molecule has 0 atom stereocenters. The fraction of sp³-hybridized carbons (Fsp3) is 0.417. The van der Waals surface area contributed by atoms with Crippen LogP contribution in [0.1, 0.15) is 23.9 Å². The second-order valence-corrected chi connectivity index (χ2v) is 6.15. The van der Waals surface area contributed by atoms with Crippen LogP contribution in [0, 0.1) is 6.92 Å². The monoisotopic (exact) mass is 299 g/mol. The van der Waals surface area contributed by atoms with Gasteiger partial charge in [-0.2, -0.15) is 9.40 Å². The Bertz CT molecular complexity index is 661. The minimum Gasteiger partial charge on any atom is -0.468 e. The summed E-state index contributed by atoms with van der Waals surface area (Å²) in [6.45, 7) is 3.43. The van der Waals surface area contributed by atoms with Crippen LogP contribution in [0.15, 0.2) is 27.8 Å². The summed E-state index contributed by atoms with van der Waals surface area (Å²) in [7, 11) is -3.78. The average Bonchev–Trinajstić information content (AvgIpc) is 3.04.